The van der Waals surface area contributed by atoms with Crippen LogP contribution in [0.4, 0.5) is 24.2 Å². The van der Waals surface area contributed by atoms with Crippen LogP contribution in [0.5, 0.6) is 0 Å². The van der Waals surface area contributed by atoms with Gasteiger partial charge in [0.05, 0.1) is 0 Å². The van der Waals surface area contributed by atoms with E-state index in [1.807, 2.05) is 0 Å². The Morgan fingerprint density at radius 1 is 0.417 bits per heavy atom. The molecule has 0 aromatic carbocycles. The van der Waals surface area contributed by atoms with Gasteiger partial charge < -0.3 is 0 Å². The Hall–Kier alpha value is 3.18. The molecule has 0 N–H and O–H groups in total. The average Bonchev–Trinajstić information content (AvgIpc) is 0.503. The van der Waals surface area contributed by atoms with Gasteiger partial charge in [-0.2, -0.15) is 0 Å². The van der Waals surface area contributed by atoms with Crippen LogP contribution >= 0.6 is 0 Å². The van der Waals surface area contributed by atoms with Gasteiger partial charge in [0, 0.05) is 0 Å². The summed E-state index contributed by atoms with van der Waals surface area (Å²) in [5.41, 5.74) is 0. The van der Waals surface area contributed by atoms with Crippen LogP contribution in [0.1, 0.15) is 0 Å². The summed E-state index contributed by atoms with van der Waals surface area (Å²) in [6.07, 6.45) is 0. The van der Waals surface area contributed by atoms with Gasteiger partial charge in [-0.1, -0.05) is 0 Å². The molecule has 0 unspecified atom stereocenters. The fourth-order valence-corrected chi connectivity index (χ4v) is 0. The molecule has 64 valence electrons. The molecule has 12 heteroatoms. The summed E-state index contributed by atoms with van der Waals surface area (Å²) in [5.74, 6) is 0. The van der Waals surface area contributed by atoms with Crippen LogP contribution in [-0.2, 0) is 16.3 Å². The Labute approximate surface area is 127 Å². The zero-order valence-electron chi connectivity index (χ0n) is 6.47. The van der Waals surface area contributed by atoms with E-state index in [-0.39, 0.29) is 88.7 Å². The third-order valence-electron chi connectivity index (χ3n) is 0. The van der Waals surface area contributed by atoms with E-state index < -0.39 is 16.3 Å². The molecule has 0 saturated carbocycles. The van der Waals surface area contributed by atoms with Crippen LogP contribution in [0.2, 0.25) is 0 Å². The number of rotatable bonds is 0. The fourth-order valence-electron chi connectivity index (χ4n) is 0. The average molecular weight is 402 g/mol. The summed E-state index contributed by atoms with van der Waals surface area (Å²) in [5, 5.41) is 0. The van der Waals surface area contributed by atoms with E-state index >= 15 is 0 Å². The van der Waals surface area contributed by atoms with Gasteiger partial charge in [0.1, 0.15) is 0 Å². The van der Waals surface area contributed by atoms with Gasteiger partial charge in [-0.25, -0.2) is 0 Å². The van der Waals surface area contributed by atoms with Crippen molar-refractivity contribution in [3.05, 3.63) is 0 Å². The zero-order valence-corrected chi connectivity index (χ0v) is 15.7. The number of hydrogen-bond acceptors (Lipinski definition) is 0. The first-order chi connectivity index (χ1) is 2.83. The third kappa shape index (κ3) is 193. The molecule has 0 radical (unpaired) electrons. The van der Waals surface area contributed by atoms with Crippen molar-refractivity contribution in [2.75, 3.05) is 0 Å². The van der Waals surface area contributed by atoms with Crippen molar-refractivity contribution < 1.29 is 129 Å². The number of halogens is 8. The second kappa shape index (κ2) is 2.53. The standard InChI is InChI=1S/8FH.3Na.Ta/h8*1H;;;;/q;;;;;;;;3*+1;+5/p-8. The van der Waals surface area contributed by atoms with Gasteiger partial charge in [-0.15, -0.1) is 0 Å². The molecule has 0 spiro atoms. The van der Waals surface area contributed by atoms with E-state index in [4.69, 9.17) is 0 Å². The van der Waals surface area contributed by atoms with Crippen LogP contribution in [0.25, 0.3) is 0 Å². The Morgan fingerprint density at radius 3 is 0.417 bits per heavy atom. The Bertz CT molecular complexity index is 149. The molecule has 0 fully saturated rings. The van der Waals surface area contributed by atoms with Crippen molar-refractivity contribution in [3.63, 3.8) is 0 Å². The molecule has 0 aliphatic heterocycles. The second-order valence-electron chi connectivity index (χ2n) is 1.79. The van der Waals surface area contributed by atoms with Crippen molar-refractivity contribution in [1.29, 1.82) is 0 Å². The van der Waals surface area contributed by atoms with Crippen LogP contribution in [0, 0.1) is 0 Å². The first-order valence-electron chi connectivity index (χ1n) is 1.35. The predicted molar refractivity (Wildman–Crippen MR) is 8.86 cm³/mol. The maximum atomic E-state index is 9.95. The monoisotopic (exact) mass is 402 g/mol. The van der Waals surface area contributed by atoms with Gasteiger partial charge in [-0.05, 0) is 0 Å². The van der Waals surface area contributed by atoms with Crippen molar-refractivity contribution in [1.82, 2.24) is 0 Å². The summed E-state index contributed by atoms with van der Waals surface area (Å²) in [6, 6.07) is 0. The topological polar surface area (TPSA) is 0 Å². The summed E-state index contributed by atoms with van der Waals surface area (Å²) in [4.78, 5) is 0. The smallest absolute Gasteiger partial charge is 1.00 e. The molecule has 0 rings (SSSR count). The van der Waals surface area contributed by atoms with Crippen LogP contribution in [-0.4, -0.2) is 0 Å². The van der Waals surface area contributed by atoms with E-state index in [1.54, 1.807) is 0 Å². The second-order valence-corrected chi connectivity index (χ2v) is 14.6. The van der Waals surface area contributed by atoms with Crippen molar-refractivity contribution >= 4 is 0 Å². The van der Waals surface area contributed by atoms with Crippen LogP contribution in [0.15, 0.2) is 0 Å². The van der Waals surface area contributed by atoms with Gasteiger partial charge in [-0.3, -0.25) is 0 Å². The van der Waals surface area contributed by atoms with E-state index in [0.29, 0.717) is 0 Å². The third-order valence-corrected chi connectivity index (χ3v) is 0. The molecule has 0 nitrogen and oxygen atoms in total. The Kier molecular flexibility index (Phi) is 5.16. The molecule has 0 bridgehead atoms. The predicted octanol–water partition coefficient (Wildman–Crippen LogP) is -5.63. The Balaban J connectivity index is -0.000000107. The molecule has 0 aromatic rings. The summed E-state index contributed by atoms with van der Waals surface area (Å²) in [7, 11) is 0. The normalized spacial score (nSPS) is 23.3. The molecular formula is F8Na3Ta. The zero-order chi connectivity index (χ0) is 8.35. The summed E-state index contributed by atoms with van der Waals surface area (Å²) < 4.78 is 79.6. The van der Waals surface area contributed by atoms with Gasteiger partial charge in [0.2, 0.25) is 0 Å². The van der Waals surface area contributed by atoms with E-state index in [1.165, 1.54) is 0 Å². The van der Waals surface area contributed by atoms with Gasteiger partial charge >= 0.3 is 129 Å². The molecule has 0 amide bonds. The van der Waals surface area contributed by atoms with Crippen LogP contribution in [0.3, 0.4) is 0 Å². The van der Waals surface area contributed by atoms with E-state index in [9.17, 15) is 24.2 Å². The minimum atomic E-state index is -15.4. The molecule has 0 aliphatic carbocycles. The quantitative estimate of drug-likeness (QED) is 0.280. The Morgan fingerprint density at radius 2 is 0.417 bits per heavy atom. The molecule has 0 saturated heterocycles. The SMILES string of the molecule is [F][Ta-3]([F])([F])([F])([F])([F])([F])[F].[Na+].[Na+].[Na+]. The summed E-state index contributed by atoms with van der Waals surface area (Å²) >= 11 is -15.4. The van der Waals surface area contributed by atoms with Crippen molar-refractivity contribution in [3.8, 4) is 0 Å². The van der Waals surface area contributed by atoms with E-state index in [0.717, 1.165) is 0 Å². The van der Waals surface area contributed by atoms with Crippen LogP contribution < -0.4 is 88.7 Å². The first-order valence-corrected chi connectivity index (χ1v) is 11.1. The van der Waals surface area contributed by atoms with Gasteiger partial charge in [0.25, 0.3) is 0 Å². The molecule has 0 atom stereocenters. The first kappa shape index (κ1) is 24.4. The number of hydrogen-bond donors (Lipinski definition) is 0. The molecule has 0 aliphatic rings. The molecule has 0 aromatic heterocycles. The molecule has 0 heterocycles. The molecule has 12 heavy (non-hydrogen) atoms. The van der Waals surface area contributed by atoms with Gasteiger partial charge in [0.15, 0.2) is 0 Å². The van der Waals surface area contributed by atoms with Crippen molar-refractivity contribution in [2.45, 2.75) is 0 Å². The fraction of sp³-hybridized carbons (Fsp3) is 0. The summed E-state index contributed by atoms with van der Waals surface area (Å²) in [6.45, 7) is 0. The van der Waals surface area contributed by atoms with Crippen molar-refractivity contribution in [2.24, 2.45) is 0 Å². The maximum Gasteiger partial charge on any atom is 1.00 e. The minimum Gasteiger partial charge on any atom is 1.00 e. The molecular weight excluding hydrogens is 402 g/mol. The van der Waals surface area contributed by atoms with E-state index in [2.05, 4.69) is 0 Å². The largest absolute Gasteiger partial charge is 1.00 e. The maximum absolute atomic E-state index is 15.4. The minimum absolute atomic E-state index is 0.